The fourth-order valence-electron chi connectivity index (χ4n) is 1.34. The zero-order chi connectivity index (χ0) is 10.8. The van der Waals surface area contributed by atoms with E-state index in [0.717, 1.165) is 11.4 Å². The highest BCUT2D eigenvalue weighted by Crippen LogP contribution is 2.29. The summed E-state index contributed by atoms with van der Waals surface area (Å²) in [6.07, 6.45) is 9.88. The molecular weight excluding hydrogens is 208 g/mol. The highest BCUT2D eigenvalue weighted by molar-refractivity contribution is 8.15. The first kappa shape index (κ1) is 10.2. The van der Waals surface area contributed by atoms with E-state index in [4.69, 9.17) is 0 Å². The number of hydrogen-bond acceptors (Lipinski definition) is 3. The smallest absolute Gasteiger partial charge is 0.165 e. The van der Waals surface area contributed by atoms with Gasteiger partial charge in [-0.05, 0) is 18.6 Å². The van der Waals surface area contributed by atoms with E-state index in [1.807, 2.05) is 24.0 Å². The Hall–Kier alpha value is -1.36. The second-order valence-corrected chi connectivity index (χ2v) is 5.90. The number of pyridine rings is 1. The van der Waals surface area contributed by atoms with Crippen LogP contribution < -0.4 is 0 Å². The van der Waals surface area contributed by atoms with Gasteiger partial charge in [0.05, 0.1) is 0 Å². The van der Waals surface area contributed by atoms with Crippen molar-refractivity contribution in [3.05, 3.63) is 24.8 Å². The molecule has 2 aromatic rings. The van der Waals surface area contributed by atoms with Gasteiger partial charge in [0, 0.05) is 29.9 Å². The Morgan fingerprint density at radius 2 is 2.07 bits per heavy atom. The molecule has 0 aliphatic rings. The van der Waals surface area contributed by atoms with Gasteiger partial charge in [-0.3, -0.25) is 4.98 Å². The molecule has 80 valence electrons. The second kappa shape index (κ2) is 4.02. The summed E-state index contributed by atoms with van der Waals surface area (Å²) in [6, 6.07) is 2.14. The van der Waals surface area contributed by atoms with Crippen LogP contribution in [0.1, 0.15) is 0 Å². The van der Waals surface area contributed by atoms with Crippen molar-refractivity contribution in [2.75, 3.05) is 12.5 Å². The van der Waals surface area contributed by atoms with Crippen molar-refractivity contribution in [1.29, 1.82) is 0 Å². The minimum absolute atomic E-state index is 0.117. The van der Waals surface area contributed by atoms with E-state index >= 15 is 0 Å². The summed E-state index contributed by atoms with van der Waals surface area (Å²) < 4.78 is 1.90. The van der Waals surface area contributed by atoms with Crippen LogP contribution in [-0.4, -0.2) is 32.3 Å². The molecule has 15 heavy (non-hydrogen) atoms. The Morgan fingerprint density at radius 1 is 1.27 bits per heavy atom. The van der Waals surface area contributed by atoms with Crippen LogP contribution in [0.25, 0.3) is 11.4 Å². The molecule has 0 fully saturated rings. The third-order valence-corrected chi connectivity index (χ3v) is 3.49. The summed E-state index contributed by atoms with van der Waals surface area (Å²) >= 11 is 0. The van der Waals surface area contributed by atoms with Gasteiger partial charge in [-0.15, -0.1) is 10.2 Å². The van der Waals surface area contributed by atoms with Gasteiger partial charge in [0.2, 0.25) is 0 Å². The van der Waals surface area contributed by atoms with Crippen LogP contribution >= 0.6 is 10.9 Å². The molecule has 2 rings (SSSR count). The van der Waals surface area contributed by atoms with Crippen LogP contribution in [0.4, 0.5) is 0 Å². The van der Waals surface area contributed by atoms with Crippen LogP contribution in [0.3, 0.4) is 0 Å². The molecule has 2 heterocycles. The normalized spacial score (nSPS) is 11.5. The molecular formula is C10H14N4S. The SMILES string of the molecule is Cn1cnnc1-c1cncc([SH](C)C)c1. The molecule has 0 saturated carbocycles. The highest BCUT2D eigenvalue weighted by atomic mass is 32.2. The fraction of sp³-hybridized carbons (Fsp3) is 0.300. The van der Waals surface area contributed by atoms with Gasteiger partial charge in [0.15, 0.2) is 5.82 Å². The molecule has 0 atom stereocenters. The largest absolute Gasteiger partial charge is 0.317 e. The molecule has 2 aromatic heterocycles. The number of hydrogen-bond donors (Lipinski definition) is 1. The monoisotopic (exact) mass is 222 g/mol. The lowest BCUT2D eigenvalue weighted by molar-refractivity contribution is 0.917. The predicted molar refractivity (Wildman–Crippen MR) is 63.3 cm³/mol. The van der Waals surface area contributed by atoms with Crippen LogP contribution in [0, 0.1) is 0 Å². The standard InChI is InChI=1S/C10H14N4S/c1-14-7-12-13-10(14)8-4-9(15(2)3)6-11-5-8/h4-7,15H,1-3H3. The molecule has 0 bridgehead atoms. The van der Waals surface area contributed by atoms with Gasteiger partial charge in [-0.2, -0.15) is 0 Å². The maximum atomic E-state index is 4.24. The Labute approximate surface area is 91.7 Å². The van der Waals surface area contributed by atoms with Crippen LogP contribution in [0.5, 0.6) is 0 Å². The van der Waals surface area contributed by atoms with Crippen molar-refractivity contribution in [3.63, 3.8) is 0 Å². The number of thiol groups is 1. The predicted octanol–water partition coefficient (Wildman–Crippen LogP) is 1.50. The van der Waals surface area contributed by atoms with Gasteiger partial charge in [-0.25, -0.2) is 10.9 Å². The van der Waals surface area contributed by atoms with Crippen LogP contribution in [0.2, 0.25) is 0 Å². The molecule has 0 aromatic carbocycles. The first-order valence-corrected chi connectivity index (χ1v) is 6.89. The maximum Gasteiger partial charge on any atom is 0.165 e. The van der Waals surface area contributed by atoms with Gasteiger partial charge in [-0.1, -0.05) is 0 Å². The van der Waals surface area contributed by atoms with E-state index in [9.17, 15) is 0 Å². The molecule has 0 unspecified atom stereocenters. The average Bonchev–Trinajstić information content (AvgIpc) is 2.64. The van der Waals surface area contributed by atoms with Crippen molar-refractivity contribution < 1.29 is 0 Å². The summed E-state index contributed by atoms with van der Waals surface area (Å²) in [5, 5.41) is 7.93. The molecule has 0 N–H and O–H groups in total. The molecule has 0 amide bonds. The Bertz CT molecular complexity index is 464. The molecule has 5 heteroatoms. The van der Waals surface area contributed by atoms with Crippen molar-refractivity contribution in [1.82, 2.24) is 19.7 Å². The highest BCUT2D eigenvalue weighted by Gasteiger charge is 2.06. The molecule has 0 spiro atoms. The third kappa shape index (κ3) is 2.02. The quantitative estimate of drug-likeness (QED) is 0.783. The topological polar surface area (TPSA) is 43.6 Å². The van der Waals surface area contributed by atoms with Crippen molar-refractivity contribution in [2.24, 2.45) is 7.05 Å². The van der Waals surface area contributed by atoms with Gasteiger partial charge in [0.25, 0.3) is 0 Å². The van der Waals surface area contributed by atoms with Gasteiger partial charge < -0.3 is 4.57 Å². The second-order valence-electron chi connectivity index (χ2n) is 3.59. The van der Waals surface area contributed by atoms with E-state index in [0.29, 0.717) is 0 Å². The summed E-state index contributed by atoms with van der Waals surface area (Å²) in [7, 11) is 1.82. The molecule has 0 radical (unpaired) electrons. The minimum Gasteiger partial charge on any atom is -0.317 e. The molecule has 0 saturated heterocycles. The van der Waals surface area contributed by atoms with E-state index in [1.54, 1.807) is 6.33 Å². The lowest BCUT2D eigenvalue weighted by Gasteiger charge is -2.09. The first-order chi connectivity index (χ1) is 7.18. The number of rotatable bonds is 2. The Morgan fingerprint density at radius 3 is 2.67 bits per heavy atom. The van der Waals surface area contributed by atoms with E-state index in [2.05, 4.69) is 33.8 Å². The van der Waals surface area contributed by atoms with Gasteiger partial charge in [0.1, 0.15) is 6.33 Å². The number of aryl methyl sites for hydroxylation is 1. The fourth-order valence-corrected chi connectivity index (χ4v) is 2.03. The summed E-state index contributed by atoms with van der Waals surface area (Å²) in [5.74, 6) is 0.862. The van der Waals surface area contributed by atoms with Crippen LogP contribution in [0.15, 0.2) is 29.7 Å². The van der Waals surface area contributed by atoms with E-state index < -0.39 is 0 Å². The zero-order valence-corrected chi connectivity index (χ0v) is 9.94. The number of aromatic nitrogens is 4. The van der Waals surface area contributed by atoms with Crippen LogP contribution in [-0.2, 0) is 7.05 Å². The lowest BCUT2D eigenvalue weighted by atomic mass is 10.3. The minimum atomic E-state index is -0.117. The molecule has 4 nitrogen and oxygen atoms in total. The van der Waals surface area contributed by atoms with Crippen molar-refractivity contribution >= 4 is 10.9 Å². The van der Waals surface area contributed by atoms with Crippen molar-refractivity contribution in [2.45, 2.75) is 4.90 Å². The van der Waals surface area contributed by atoms with E-state index in [-0.39, 0.29) is 10.9 Å². The lowest BCUT2D eigenvalue weighted by Crippen LogP contribution is -1.92. The average molecular weight is 222 g/mol. The zero-order valence-electron chi connectivity index (χ0n) is 9.05. The Balaban J connectivity index is 2.46. The first-order valence-electron chi connectivity index (χ1n) is 4.65. The van der Waals surface area contributed by atoms with Crippen molar-refractivity contribution in [3.8, 4) is 11.4 Å². The molecule has 0 aliphatic carbocycles. The molecule has 0 aliphatic heterocycles. The maximum absolute atomic E-state index is 4.24. The van der Waals surface area contributed by atoms with Gasteiger partial charge >= 0.3 is 0 Å². The summed E-state index contributed by atoms with van der Waals surface area (Å²) in [4.78, 5) is 5.52. The Kier molecular flexibility index (Phi) is 2.73. The summed E-state index contributed by atoms with van der Waals surface area (Å²) in [6.45, 7) is 0. The number of nitrogens with zero attached hydrogens (tertiary/aromatic N) is 4. The third-order valence-electron chi connectivity index (χ3n) is 2.21. The van der Waals surface area contributed by atoms with E-state index in [1.165, 1.54) is 4.90 Å². The summed E-state index contributed by atoms with van der Waals surface area (Å²) in [5.41, 5.74) is 1.03.